The fraction of sp³-hybridized carbons (Fsp3) is 0.211. The number of carbonyl (C=O) groups excluding carboxylic acids is 2. The number of halogens is 3. The van der Waals surface area contributed by atoms with Crippen molar-refractivity contribution in [2.24, 2.45) is 5.73 Å². The van der Waals surface area contributed by atoms with E-state index in [1.165, 1.54) is 34.8 Å². The van der Waals surface area contributed by atoms with Gasteiger partial charge >= 0.3 is 6.18 Å². The molecule has 0 fully saturated rings. The topological polar surface area (TPSA) is 85.1 Å². The Morgan fingerprint density at radius 2 is 1.83 bits per heavy atom. The first kappa shape index (κ1) is 21.0. The number of primary amides is 1. The third-order valence-corrected chi connectivity index (χ3v) is 6.30. The second-order valence-electron chi connectivity index (χ2n) is 6.30. The number of aromatic nitrogens is 1. The van der Waals surface area contributed by atoms with Gasteiger partial charge in [0.15, 0.2) is 0 Å². The summed E-state index contributed by atoms with van der Waals surface area (Å²) in [6.45, 7) is 3.59. The van der Waals surface area contributed by atoms with Gasteiger partial charge in [0.25, 0.3) is 5.91 Å². The van der Waals surface area contributed by atoms with Gasteiger partial charge in [0, 0.05) is 15.8 Å². The van der Waals surface area contributed by atoms with E-state index >= 15 is 0 Å². The first-order valence-corrected chi connectivity index (χ1v) is 10.1. The molecule has 0 spiro atoms. The minimum Gasteiger partial charge on any atom is -0.365 e. The fourth-order valence-electron chi connectivity index (χ4n) is 2.67. The molecule has 0 aliphatic heterocycles. The molecule has 0 bridgehead atoms. The molecule has 2 heterocycles. The lowest BCUT2D eigenvalue weighted by Gasteiger charge is -2.06. The Balaban J connectivity index is 1.71. The average molecular weight is 439 g/mol. The molecule has 0 saturated carbocycles. The number of rotatable bonds is 5. The van der Waals surface area contributed by atoms with E-state index in [0.717, 1.165) is 22.6 Å². The molecule has 1 aromatic carbocycles. The molecule has 152 valence electrons. The van der Waals surface area contributed by atoms with Gasteiger partial charge in [0.1, 0.15) is 10.0 Å². The van der Waals surface area contributed by atoms with Crippen LogP contribution in [0.25, 0.3) is 10.6 Å². The summed E-state index contributed by atoms with van der Waals surface area (Å²) in [5.74, 6) is -0.974. The number of anilines is 1. The number of hydrogen-bond acceptors (Lipinski definition) is 5. The number of benzene rings is 1. The van der Waals surface area contributed by atoms with E-state index in [0.29, 0.717) is 26.8 Å². The van der Waals surface area contributed by atoms with Gasteiger partial charge in [-0.3, -0.25) is 9.59 Å². The highest BCUT2D eigenvalue weighted by molar-refractivity contribution is 7.16. The zero-order valence-corrected chi connectivity index (χ0v) is 17.0. The van der Waals surface area contributed by atoms with Crippen LogP contribution in [0.3, 0.4) is 0 Å². The molecule has 10 heteroatoms. The molecule has 0 unspecified atom stereocenters. The number of thiophene rings is 1. The maximum Gasteiger partial charge on any atom is 0.416 e. The molecule has 3 aromatic rings. The second kappa shape index (κ2) is 7.96. The quantitative estimate of drug-likeness (QED) is 0.600. The van der Waals surface area contributed by atoms with E-state index < -0.39 is 17.6 Å². The lowest BCUT2D eigenvalue weighted by molar-refractivity contribution is -0.137. The first-order valence-electron chi connectivity index (χ1n) is 8.38. The van der Waals surface area contributed by atoms with Gasteiger partial charge in [-0.15, -0.1) is 22.7 Å². The van der Waals surface area contributed by atoms with Crippen molar-refractivity contribution < 1.29 is 22.8 Å². The molecule has 5 nitrogen and oxygen atoms in total. The van der Waals surface area contributed by atoms with Crippen LogP contribution >= 0.6 is 22.7 Å². The summed E-state index contributed by atoms with van der Waals surface area (Å²) in [7, 11) is 0. The molecule has 0 saturated heterocycles. The molecule has 2 amide bonds. The number of amides is 2. The van der Waals surface area contributed by atoms with Gasteiger partial charge in [0.05, 0.1) is 23.2 Å². The van der Waals surface area contributed by atoms with Gasteiger partial charge in [-0.05, 0) is 31.5 Å². The highest BCUT2D eigenvalue weighted by Gasteiger charge is 2.30. The summed E-state index contributed by atoms with van der Waals surface area (Å²) in [6, 6.07) is 4.69. The number of alkyl halides is 3. The van der Waals surface area contributed by atoms with Crippen molar-refractivity contribution in [1.29, 1.82) is 0 Å². The molecule has 3 N–H and O–H groups in total. The largest absolute Gasteiger partial charge is 0.416 e. The molecule has 0 aliphatic carbocycles. The van der Waals surface area contributed by atoms with Crippen LogP contribution in [0.15, 0.2) is 29.6 Å². The Hall–Kier alpha value is -2.72. The van der Waals surface area contributed by atoms with E-state index in [9.17, 15) is 22.8 Å². The highest BCUT2D eigenvalue weighted by Crippen LogP contribution is 2.33. The molecule has 0 radical (unpaired) electrons. The summed E-state index contributed by atoms with van der Waals surface area (Å²) in [6.07, 6.45) is -4.43. The fourth-order valence-corrected chi connectivity index (χ4v) is 4.58. The number of thiazole rings is 1. The Kier molecular flexibility index (Phi) is 5.76. The van der Waals surface area contributed by atoms with Gasteiger partial charge in [-0.25, -0.2) is 4.98 Å². The Morgan fingerprint density at radius 3 is 2.41 bits per heavy atom. The summed E-state index contributed by atoms with van der Waals surface area (Å²) in [5.41, 5.74) is 6.71. The van der Waals surface area contributed by atoms with E-state index in [2.05, 4.69) is 10.3 Å². The van der Waals surface area contributed by atoms with E-state index in [4.69, 9.17) is 5.73 Å². The minimum atomic E-state index is -4.40. The second-order valence-corrected chi connectivity index (χ2v) is 8.38. The lowest BCUT2D eigenvalue weighted by atomic mass is 10.1. The third-order valence-electron chi connectivity index (χ3n) is 4.24. The zero-order chi connectivity index (χ0) is 21.3. The smallest absolute Gasteiger partial charge is 0.365 e. The number of nitrogens with zero attached hydrogens (tertiary/aromatic N) is 1. The van der Waals surface area contributed by atoms with E-state index in [1.807, 2.05) is 6.92 Å². The normalized spacial score (nSPS) is 11.5. The van der Waals surface area contributed by atoms with Crippen molar-refractivity contribution in [2.45, 2.75) is 26.4 Å². The maximum absolute atomic E-state index is 12.7. The van der Waals surface area contributed by atoms with Crippen molar-refractivity contribution in [2.75, 3.05) is 5.32 Å². The Labute approximate surface area is 172 Å². The molecule has 0 atom stereocenters. The third kappa shape index (κ3) is 4.65. The van der Waals surface area contributed by atoms with Crippen LogP contribution in [0, 0.1) is 13.8 Å². The summed E-state index contributed by atoms with van der Waals surface area (Å²) in [5, 5.41) is 5.28. The van der Waals surface area contributed by atoms with Crippen molar-refractivity contribution in [3.63, 3.8) is 0 Å². The van der Waals surface area contributed by atoms with Crippen molar-refractivity contribution in [3.05, 3.63) is 56.9 Å². The average Bonchev–Trinajstić information content (AvgIpc) is 3.19. The number of nitrogens with two attached hydrogens (primary N) is 1. The van der Waals surface area contributed by atoms with Crippen LogP contribution in [0.2, 0.25) is 0 Å². The standard InChI is InChI=1S/C19H16F3N3O2S2/c1-9-10(2)29-18(15(9)16(23)27)25-14(26)7-13-8-28-17(24-13)11-3-5-12(6-4-11)19(20,21)22/h3-6,8H,7H2,1-2H3,(H2,23,27)(H,25,26). The monoisotopic (exact) mass is 439 g/mol. The van der Waals surface area contributed by atoms with Gasteiger partial charge in [-0.2, -0.15) is 13.2 Å². The van der Waals surface area contributed by atoms with Gasteiger partial charge < -0.3 is 11.1 Å². The predicted molar refractivity (Wildman–Crippen MR) is 107 cm³/mol. The SMILES string of the molecule is Cc1sc(NC(=O)Cc2csc(-c3ccc(C(F)(F)F)cc3)n2)c(C(N)=O)c1C. The Bertz CT molecular complexity index is 1070. The minimum absolute atomic E-state index is 0.0364. The van der Waals surface area contributed by atoms with Crippen LogP contribution in [0.5, 0.6) is 0 Å². The van der Waals surface area contributed by atoms with Crippen molar-refractivity contribution >= 4 is 39.5 Å². The predicted octanol–water partition coefficient (Wildman–Crippen LogP) is 4.79. The first-order chi connectivity index (χ1) is 13.6. The van der Waals surface area contributed by atoms with Crippen LogP contribution in [-0.4, -0.2) is 16.8 Å². The van der Waals surface area contributed by atoms with Crippen molar-refractivity contribution in [1.82, 2.24) is 4.98 Å². The molecular weight excluding hydrogens is 423 g/mol. The summed E-state index contributed by atoms with van der Waals surface area (Å²) < 4.78 is 38.0. The Morgan fingerprint density at radius 1 is 1.17 bits per heavy atom. The molecular formula is C19H16F3N3O2S2. The van der Waals surface area contributed by atoms with Gasteiger partial charge in [0.2, 0.25) is 5.91 Å². The van der Waals surface area contributed by atoms with Crippen LogP contribution in [0.1, 0.15) is 32.1 Å². The van der Waals surface area contributed by atoms with Crippen LogP contribution in [-0.2, 0) is 17.4 Å². The van der Waals surface area contributed by atoms with E-state index in [-0.39, 0.29) is 12.3 Å². The van der Waals surface area contributed by atoms with Crippen LogP contribution < -0.4 is 11.1 Å². The zero-order valence-electron chi connectivity index (χ0n) is 15.4. The van der Waals surface area contributed by atoms with E-state index in [1.54, 1.807) is 12.3 Å². The highest BCUT2D eigenvalue weighted by atomic mass is 32.1. The number of nitrogens with one attached hydrogen (secondary N) is 1. The molecule has 3 rings (SSSR count). The number of aryl methyl sites for hydroxylation is 1. The van der Waals surface area contributed by atoms with Crippen molar-refractivity contribution in [3.8, 4) is 10.6 Å². The number of carbonyl (C=O) groups is 2. The number of hydrogen-bond donors (Lipinski definition) is 2. The van der Waals surface area contributed by atoms with Crippen LogP contribution in [0.4, 0.5) is 18.2 Å². The lowest BCUT2D eigenvalue weighted by Crippen LogP contribution is -2.18. The van der Waals surface area contributed by atoms with Gasteiger partial charge in [-0.1, -0.05) is 12.1 Å². The summed E-state index contributed by atoms with van der Waals surface area (Å²) >= 11 is 2.51. The maximum atomic E-state index is 12.7. The molecule has 29 heavy (non-hydrogen) atoms. The summed E-state index contributed by atoms with van der Waals surface area (Å²) in [4.78, 5) is 29.2. The molecule has 0 aliphatic rings. The molecule has 2 aromatic heterocycles.